The lowest BCUT2D eigenvalue weighted by molar-refractivity contribution is -0.115. The Morgan fingerprint density at radius 2 is 1.80 bits per heavy atom. The van der Waals surface area contributed by atoms with Crippen LogP contribution in [0.2, 0.25) is 0 Å². The Balaban J connectivity index is 1.88. The topological polar surface area (TPSA) is 50.7 Å². The number of amides is 1. The number of hydrogen-bond donors (Lipinski definition) is 1. The van der Waals surface area contributed by atoms with E-state index in [0.29, 0.717) is 11.5 Å². The van der Waals surface area contributed by atoms with Crippen molar-refractivity contribution in [3.63, 3.8) is 0 Å². The zero-order valence-electron chi connectivity index (χ0n) is 15.0. The highest BCUT2D eigenvalue weighted by Gasteiger charge is 2.21. The van der Waals surface area contributed by atoms with Crippen LogP contribution in [0.5, 0.6) is 5.75 Å². The van der Waals surface area contributed by atoms with Crippen molar-refractivity contribution in [2.24, 2.45) is 4.99 Å². The van der Waals surface area contributed by atoms with Crippen LogP contribution in [0.3, 0.4) is 0 Å². The lowest BCUT2D eigenvalue weighted by atomic mass is 9.87. The molecule has 0 radical (unpaired) electrons. The Bertz CT molecular complexity index is 856. The van der Waals surface area contributed by atoms with Crippen LogP contribution in [-0.4, -0.2) is 18.9 Å². The number of carbonyl (C=O) groups excluding carboxylic acids is 1. The van der Waals surface area contributed by atoms with Gasteiger partial charge in [0.1, 0.15) is 17.3 Å². The van der Waals surface area contributed by atoms with Gasteiger partial charge in [0.05, 0.1) is 7.11 Å². The molecule has 0 spiro atoms. The van der Waals surface area contributed by atoms with Gasteiger partial charge in [0.2, 0.25) is 0 Å². The Labute approximate surface area is 148 Å². The number of carbonyl (C=O) groups is 1. The molecule has 0 bridgehead atoms. The van der Waals surface area contributed by atoms with Gasteiger partial charge in [-0.15, -0.1) is 0 Å². The molecular weight excluding hydrogens is 312 g/mol. The molecule has 4 heteroatoms. The number of benzene rings is 2. The molecule has 0 saturated carbocycles. The van der Waals surface area contributed by atoms with E-state index in [0.717, 1.165) is 16.9 Å². The molecule has 0 unspecified atom stereocenters. The molecule has 0 atom stereocenters. The third-order valence-corrected chi connectivity index (χ3v) is 4.12. The molecule has 0 aliphatic carbocycles. The Kier molecular flexibility index (Phi) is 4.45. The van der Waals surface area contributed by atoms with Crippen LogP contribution in [0.15, 0.2) is 59.2 Å². The monoisotopic (exact) mass is 334 g/mol. The fourth-order valence-electron chi connectivity index (χ4n) is 2.61. The maximum absolute atomic E-state index is 12.2. The van der Waals surface area contributed by atoms with Crippen LogP contribution >= 0.6 is 0 Å². The Morgan fingerprint density at radius 3 is 2.44 bits per heavy atom. The minimum atomic E-state index is -0.197. The second-order valence-corrected chi connectivity index (χ2v) is 7.05. The van der Waals surface area contributed by atoms with Crippen molar-refractivity contribution in [1.29, 1.82) is 0 Å². The molecular formula is C21H22N2O2. The molecule has 1 heterocycles. The standard InChI is InChI=1S/C21H22N2O2/c1-21(2,3)16-10-8-14(9-11-16)12-18-20(24)23-19(22-18)15-6-5-7-17(13-15)25-4/h5-13H,1-4H3,(H,22,23,24)/b18-12+. The van der Waals surface area contributed by atoms with Gasteiger partial charge in [-0.05, 0) is 34.8 Å². The van der Waals surface area contributed by atoms with Gasteiger partial charge >= 0.3 is 0 Å². The van der Waals surface area contributed by atoms with Crippen molar-refractivity contribution in [3.05, 3.63) is 70.9 Å². The number of rotatable bonds is 3. The van der Waals surface area contributed by atoms with Crippen molar-refractivity contribution in [2.75, 3.05) is 7.11 Å². The van der Waals surface area contributed by atoms with E-state index in [1.807, 2.05) is 36.4 Å². The minimum Gasteiger partial charge on any atom is -0.497 e. The first-order chi connectivity index (χ1) is 11.9. The summed E-state index contributed by atoms with van der Waals surface area (Å²) in [7, 11) is 1.61. The van der Waals surface area contributed by atoms with Gasteiger partial charge < -0.3 is 10.1 Å². The average molecular weight is 334 g/mol. The summed E-state index contributed by atoms with van der Waals surface area (Å²) in [5, 5.41) is 2.81. The molecule has 4 nitrogen and oxygen atoms in total. The first-order valence-corrected chi connectivity index (χ1v) is 8.23. The van der Waals surface area contributed by atoms with Gasteiger partial charge in [-0.1, -0.05) is 57.2 Å². The van der Waals surface area contributed by atoms with Crippen molar-refractivity contribution < 1.29 is 9.53 Å². The fourth-order valence-corrected chi connectivity index (χ4v) is 2.61. The van der Waals surface area contributed by atoms with Crippen LogP contribution in [-0.2, 0) is 10.2 Å². The SMILES string of the molecule is COc1cccc(C2=N/C(=C/c3ccc(C(C)(C)C)cc3)C(=O)N2)c1. The van der Waals surface area contributed by atoms with Gasteiger partial charge in [0, 0.05) is 5.56 Å². The lowest BCUT2D eigenvalue weighted by Crippen LogP contribution is -2.24. The molecule has 3 rings (SSSR count). The molecule has 1 N–H and O–H groups in total. The number of methoxy groups -OCH3 is 1. The van der Waals surface area contributed by atoms with Crippen LogP contribution in [0.25, 0.3) is 6.08 Å². The van der Waals surface area contributed by atoms with E-state index in [4.69, 9.17) is 4.74 Å². The van der Waals surface area contributed by atoms with E-state index in [9.17, 15) is 4.79 Å². The summed E-state index contributed by atoms with van der Waals surface area (Å²) in [6, 6.07) is 15.7. The predicted octanol–water partition coefficient (Wildman–Crippen LogP) is 3.91. The first kappa shape index (κ1) is 17.0. The number of ether oxygens (including phenoxy) is 1. The molecule has 0 saturated heterocycles. The zero-order chi connectivity index (χ0) is 18.0. The summed E-state index contributed by atoms with van der Waals surface area (Å²) in [5.41, 5.74) is 3.54. The van der Waals surface area contributed by atoms with Gasteiger partial charge in [-0.25, -0.2) is 4.99 Å². The average Bonchev–Trinajstić information content (AvgIpc) is 2.95. The Morgan fingerprint density at radius 1 is 1.08 bits per heavy atom. The second kappa shape index (κ2) is 6.55. The number of nitrogens with one attached hydrogen (secondary N) is 1. The zero-order valence-corrected chi connectivity index (χ0v) is 15.0. The molecule has 0 fully saturated rings. The number of aliphatic imine (C=N–C) groups is 1. The van der Waals surface area contributed by atoms with Crippen molar-refractivity contribution >= 4 is 17.8 Å². The smallest absolute Gasteiger partial charge is 0.275 e. The molecule has 2 aromatic carbocycles. The van der Waals surface area contributed by atoms with E-state index in [2.05, 4.69) is 43.2 Å². The quantitative estimate of drug-likeness (QED) is 0.865. The van der Waals surface area contributed by atoms with Gasteiger partial charge in [0.25, 0.3) is 5.91 Å². The predicted molar refractivity (Wildman–Crippen MR) is 101 cm³/mol. The van der Waals surface area contributed by atoms with E-state index in [1.165, 1.54) is 5.56 Å². The molecule has 1 amide bonds. The fraction of sp³-hybridized carbons (Fsp3) is 0.238. The first-order valence-electron chi connectivity index (χ1n) is 8.23. The van der Waals surface area contributed by atoms with Gasteiger partial charge in [0.15, 0.2) is 0 Å². The molecule has 0 aromatic heterocycles. The summed E-state index contributed by atoms with van der Waals surface area (Å²) in [6.45, 7) is 6.53. The van der Waals surface area contributed by atoms with Gasteiger partial charge in [-0.3, -0.25) is 4.79 Å². The maximum Gasteiger partial charge on any atom is 0.275 e. The largest absolute Gasteiger partial charge is 0.497 e. The third kappa shape index (κ3) is 3.79. The number of amidine groups is 1. The summed E-state index contributed by atoms with van der Waals surface area (Å²) >= 11 is 0. The lowest BCUT2D eigenvalue weighted by Gasteiger charge is -2.18. The highest BCUT2D eigenvalue weighted by Crippen LogP contribution is 2.23. The number of nitrogens with zero attached hydrogens (tertiary/aromatic N) is 1. The summed E-state index contributed by atoms with van der Waals surface area (Å²) in [4.78, 5) is 16.7. The highest BCUT2D eigenvalue weighted by atomic mass is 16.5. The highest BCUT2D eigenvalue weighted by molar-refractivity contribution is 6.19. The van der Waals surface area contributed by atoms with Crippen LogP contribution in [0.4, 0.5) is 0 Å². The van der Waals surface area contributed by atoms with E-state index >= 15 is 0 Å². The van der Waals surface area contributed by atoms with E-state index < -0.39 is 0 Å². The molecule has 128 valence electrons. The normalized spacial score (nSPS) is 15.9. The molecule has 1 aliphatic rings. The van der Waals surface area contributed by atoms with Crippen LogP contribution in [0, 0.1) is 0 Å². The summed E-state index contributed by atoms with van der Waals surface area (Å²) in [6.07, 6.45) is 1.80. The third-order valence-electron chi connectivity index (χ3n) is 4.12. The minimum absolute atomic E-state index is 0.105. The molecule has 1 aliphatic heterocycles. The second-order valence-electron chi connectivity index (χ2n) is 7.05. The maximum atomic E-state index is 12.2. The van der Waals surface area contributed by atoms with Crippen molar-refractivity contribution in [3.8, 4) is 5.75 Å². The van der Waals surface area contributed by atoms with Crippen LogP contribution < -0.4 is 10.1 Å². The van der Waals surface area contributed by atoms with Crippen molar-refractivity contribution in [1.82, 2.24) is 5.32 Å². The van der Waals surface area contributed by atoms with Crippen molar-refractivity contribution in [2.45, 2.75) is 26.2 Å². The number of hydrogen-bond acceptors (Lipinski definition) is 3. The summed E-state index contributed by atoms with van der Waals surface area (Å²) in [5.74, 6) is 1.07. The van der Waals surface area contributed by atoms with E-state index in [1.54, 1.807) is 13.2 Å². The molecule has 25 heavy (non-hydrogen) atoms. The van der Waals surface area contributed by atoms with E-state index in [-0.39, 0.29) is 11.3 Å². The Hall–Kier alpha value is -2.88. The summed E-state index contributed by atoms with van der Waals surface area (Å²) < 4.78 is 5.22. The van der Waals surface area contributed by atoms with Crippen LogP contribution in [0.1, 0.15) is 37.5 Å². The van der Waals surface area contributed by atoms with Gasteiger partial charge in [-0.2, -0.15) is 0 Å². The molecule has 2 aromatic rings.